The van der Waals surface area contributed by atoms with Gasteiger partial charge in [0.25, 0.3) is 0 Å². The van der Waals surface area contributed by atoms with E-state index in [1.165, 1.54) is 0 Å². The second-order valence-corrected chi connectivity index (χ2v) is 5.09. The average Bonchev–Trinajstić information content (AvgIpc) is 3.11. The van der Waals surface area contributed by atoms with Gasteiger partial charge in [-0.25, -0.2) is 4.68 Å². The lowest BCUT2D eigenvalue weighted by atomic mass is 10.2. The molecule has 2 aromatic heterocycles. The van der Waals surface area contributed by atoms with Gasteiger partial charge in [-0.2, -0.15) is 0 Å². The summed E-state index contributed by atoms with van der Waals surface area (Å²) in [6, 6.07) is 11.5. The Hall–Kier alpha value is -2.76. The van der Waals surface area contributed by atoms with E-state index in [9.17, 15) is 4.79 Å². The average molecular weight is 279 g/mol. The zero-order chi connectivity index (χ0) is 14.2. The summed E-state index contributed by atoms with van der Waals surface area (Å²) in [6.07, 6.45) is 1.76. The van der Waals surface area contributed by atoms with Crippen LogP contribution in [0.2, 0.25) is 0 Å². The minimum atomic E-state index is 0.0312. The van der Waals surface area contributed by atoms with Gasteiger partial charge in [0, 0.05) is 12.7 Å². The van der Waals surface area contributed by atoms with Crippen LogP contribution in [0.1, 0.15) is 11.3 Å². The van der Waals surface area contributed by atoms with Crippen molar-refractivity contribution in [2.45, 2.75) is 19.6 Å². The Morgan fingerprint density at radius 1 is 1.14 bits per heavy atom. The molecule has 21 heavy (non-hydrogen) atoms. The van der Waals surface area contributed by atoms with E-state index in [0.29, 0.717) is 13.1 Å². The molecular weight excluding hydrogens is 266 g/mol. The molecule has 104 valence electrons. The van der Waals surface area contributed by atoms with Crippen LogP contribution in [0.15, 0.2) is 42.6 Å². The topological polar surface area (TPSA) is 63.9 Å². The van der Waals surface area contributed by atoms with Gasteiger partial charge in [-0.15, -0.1) is 5.10 Å². The van der Waals surface area contributed by atoms with Crippen LogP contribution in [0, 0.1) is 0 Å². The number of nitrogens with zero attached hydrogens (tertiary/aromatic N) is 5. The van der Waals surface area contributed by atoms with Crippen molar-refractivity contribution in [3.63, 3.8) is 0 Å². The summed E-state index contributed by atoms with van der Waals surface area (Å²) in [7, 11) is 0. The van der Waals surface area contributed by atoms with Crippen LogP contribution < -0.4 is 0 Å². The minimum Gasteiger partial charge on any atom is -0.331 e. The lowest BCUT2D eigenvalue weighted by Gasteiger charge is -2.14. The van der Waals surface area contributed by atoms with Gasteiger partial charge < -0.3 is 4.90 Å². The van der Waals surface area contributed by atoms with Crippen molar-refractivity contribution in [2.24, 2.45) is 0 Å². The van der Waals surface area contributed by atoms with Crippen LogP contribution in [-0.4, -0.2) is 30.8 Å². The zero-order valence-corrected chi connectivity index (χ0v) is 11.3. The van der Waals surface area contributed by atoms with Crippen LogP contribution in [0.25, 0.3) is 11.0 Å². The number of fused-ring (bicyclic) bond motifs is 2. The third-order valence-electron chi connectivity index (χ3n) is 3.74. The van der Waals surface area contributed by atoms with Crippen molar-refractivity contribution in [3.05, 3.63) is 53.9 Å². The molecule has 0 saturated heterocycles. The van der Waals surface area contributed by atoms with E-state index < -0.39 is 0 Å². The molecule has 3 heterocycles. The summed E-state index contributed by atoms with van der Waals surface area (Å²) in [4.78, 5) is 18.5. The Balaban J connectivity index is 1.55. The van der Waals surface area contributed by atoms with Gasteiger partial charge >= 0.3 is 0 Å². The first-order valence-electron chi connectivity index (χ1n) is 6.80. The molecule has 0 fully saturated rings. The summed E-state index contributed by atoms with van der Waals surface area (Å²) in [5.41, 5.74) is 3.78. The number of rotatable bonds is 2. The first-order chi connectivity index (χ1) is 10.3. The Morgan fingerprint density at radius 3 is 2.95 bits per heavy atom. The van der Waals surface area contributed by atoms with Gasteiger partial charge in [0.15, 0.2) is 0 Å². The number of amides is 1. The van der Waals surface area contributed by atoms with E-state index in [2.05, 4.69) is 15.3 Å². The van der Waals surface area contributed by atoms with Crippen LogP contribution >= 0.6 is 0 Å². The smallest absolute Gasteiger partial charge is 0.245 e. The van der Waals surface area contributed by atoms with E-state index in [0.717, 1.165) is 22.3 Å². The van der Waals surface area contributed by atoms with Crippen molar-refractivity contribution in [1.82, 2.24) is 24.9 Å². The van der Waals surface area contributed by atoms with Gasteiger partial charge in [-0.1, -0.05) is 23.4 Å². The van der Waals surface area contributed by atoms with Gasteiger partial charge in [0.1, 0.15) is 12.1 Å². The molecule has 0 radical (unpaired) electrons. The number of hydrogen-bond acceptors (Lipinski definition) is 4. The maximum Gasteiger partial charge on any atom is 0.245 e. The van der Waals surface area contributed by atoms with E-state index in [1.54, 1.807) is 15.8 Å². The molecule has 4 rings (SSSR count). The molecule has 6 heteroatoms. The Bertz CT molecular complexity index is 801. The molecule has 0 aliphatic carbocycles. The summed E-state index contributed by atoms with van der Waals surface area (Å²) >= 11 is 0. The Morgan fingerprint density at radius 2 is 2.05 bits per heavy atom. The fourth-order valence-electron chi connectivity index (χ4n) is 2.64. The number of benzene rings is 1. The summed E-state index contributed by atoms with van der Waals surface area (Å²) in [5.74, 6) is 0.0312. The number of aromatic nitrogens is 4. The first-order valence-corrected chi connectivity index (χ1v) is 6.80. The van der Waals surface area contributed by atoms with Crippen LogP contribution in [0.5, 0.6) is 0 Å². The molecule has 0 N–H and O–H groups in total. The molecule has 0 spiro atoms. The molecule has 1 aliphatic rings. The molecule has 6 nitrogen and oxygen atoms in total. The highest BCUT2D eigenvalue weighted by molar-refractivity contribution is 5.80. The molecule has 0 saturated carbocycles. The second kappa shape index (κ2) is 4.66. The largest absolute Gasteiger partial charge is 0.331 e. The van der Waals surface area contributed by atoms with Crippen LogP contribution in [0.3, 0.4) is 0 Å². The van der Waals surface area contributed by atoms with Crippen molar-refractivity contribution >= 4 is 16.9 Å². The van der Waals surface area contributed by atoms with Gasteiger partial charge in [0.05, 0.1) is 17.8 Å². The summed E-state index contributed by atoms with van der Waals surface area (Å²) in [5, 5.41) is 8.13. The molecule has 1 aliphatic heterocycles. The standard InChI is InChI=1S/C15H13N5O/c21-15(19-8-11-4-3-7-16-13(11)9-19)10-20-14-6-2-1-5-12(14)17-18-20/h1-7H,8-10H2. The van der Waals surface area contributed by atoms with Gasteiger partial charge in [-0.3, -0.25) is 9.78 Å². The van der Waals surface area contributed by atoms with E-state index in [1.807, 2.05) is 36.4 Å². The Kier molecular flexibility index (Phi) is 2.67. The predicted octanol–water partition coefficient (Wildman–Crippen LogP) is 1.37. The highest BCUT2D eigenvalue weighted by atomic mass is 16.2. The minimum absolute atomic E-state index is 0.0312. The number of pyridine rings is 1. The third-order valence-corrected chi connectivity index (χ3v) is 3.74. The molecule has 0 unspecified atom stereocenters. The zero-order valence-electron chi connectivity index (χ0n) is 11.3. The fourth-order valence-corrected chi connectivity index (χ4v) is 2.64. The molecule has 1 amide bonds. The third kappa shape index (κ3) is 2.05. The monoisotopic (exact) mass is 279 g/mol. The highest BCUT2D eigenvalue weighted by Gasteiger charge is 2.24. The van der Waals surface area contributed by atoms with E-state index in [-0.39, 0.29) is 12.5 Å². The number of para-hydroxylation sites is 1. The SMILES string of the molecule is O=C(Cn1nnc2ccccc21)N1Cc2cccnc2C1. The predicted molar refractivity (Wildman–Crippen MR) is 76.0 cm³/mol. The number of carbonyl (C=O) groups excluding carboxylic acids is 1. The van der Waals surface area contributed by atoms with E-state index in [4.69, 9.17) is 0 Å². The summed E-state index contributed by atoms with van der Waals surface area (Å²) < 4.78 is 1.65. The number of carbonyl (C=O) groups is 1. The molecule has 1 aromatic carbocycles. The molecule has 0 bridgehead atoms. The van der Waals surface area contributed by atoms with Gasteiger partial charge in [-0.05, 0) is 23.8 Å². The van der Waals surface area contributed by atoms with Crippen molar-refractivity contribution in [3.8, 4) is 0 Å². The lowest BCUT2D eigenvalue weighted by Crippen LogP contribution is -2.29. The molecule has 0 atom stereocenters. The van der Waals surface area contributed by atoms with Crippen LogP contribution in [-0.2, 0) is 24.4 Å². The molecular formula is C15H13N5O. The van der Waals surface area contributed by atoms with Crippen molar-refractivity contribution in [2.75, 3.05) is 0 Å². The van der Waals surface area contributed by atoms with E-state index >= 15 is 0 Å². The lowest BCUT2D eigenvalue weighted by molar-refractivity contribution is -0.132. The first kappa shape index (κ1) is 12.0. The maximum atomic E-state index is 12.4. The van der Waals surface area contributed by atoms with Crippen LogP contribution in [0.4, 0.5) is 0 Å². The maximum absolute atomic E-state index is 12.4. The number of hydrogen-bond donors (Lipinski definition) is 0. The quantitative estimate of drug-likeness (QED) is 0.710. The van der Waals surface area contributed by atoms with Gasteiger partial charge in [0.2, 0.25) is 5.91 Å². The Labute approximate surface area is 121 Å². The fraction of sp³-hybridized carbons (Fsp3) is 0.200. The van der Waals surface area contributed by atoms with Crippen molar-refractivity contribution in [1.29, 1.82) is 0 Å². The normalized spacial score (nSPS) is 13.6. The summed E-state index contributed by atoms with van der Waals surface area (Å²) in [6.45, 7) is 1.39. The second-order valence-electron chi connectivity index (χ2n) is 5.09. The molecule has 3 aromatic rings. The highest BCUT2D eigenvalue weighted by Crippen LogP contribution is 2.20. The van der Waals surface area contributed by atoms with Crippen molar-refractivity contribution < 1.29 is 4.79 Å².